The molecule has 0 atom stereocenters. The summed E-state index contributed by atoms with van der Waals surface area (Å²) in [4.78, 5) is 4.00. The summed E-state index contributed by atoms with van der Waals surface area (Å²) in [6.45, 7) is 4.59. The number of rotatable bonds is 7. The van der Waals surface area contributed by atoms with Crippen molar-refractivity contribution < 1.29 is 22.3 Å². The van der Waals surface area contributed by atoms with E-state index in [1.54, 1.807) is 17.0 Å². The molecule has 0 amide bonds. The zero-order chi connectivity index (χ0) is 23.1. The third-order valence-electron chi connectivity index (χ3n) is 5.08. The van der Waals surface area contributed by atoms with E-state index < -0.39 is 11.7 Å². The molecule has 0 spiro atoms. The number of halogens is 5. The molecule has 3 rings (SSSR count). The van der Waals surface area contributed by atoms with Crippen LogP contribution in [-0.2, 0) is 17.5 Å². The molecule has 1 N–H and O–H groups in total. The number of alkyl halides is 3. The molecule has 1 aliphatic rings. The van der Waals surface area contributed by atoms with E-state index in [0.717, 1.165) is 32.1 Å². The number of anilines is 1. The summed E-state index contributed by atoms with van der Waals surface area (Å²) in [6.07, 6.45) is -3.83. The largest absolute Gasteiger partial charge is 0.418 e. The van der Waals surface area contributed by atoms with Crippen molar-refractivity contribution in [3.63, 3.8) is 0 Å². The lowest BCUT2D eigenvalue weighted by atomic mass is 10.1. The number of hydrogen-bond acceptors (Lipinski definition) is 3. The number of nitrogens with one attached hydrogen (secondary N) is 1. The summed E-state index contributed by atoms with van der Waals surface area (Å²) in [5.74, 6) is -0.385. The van der Waals surface area contributed by atoms with E-state index in [2.05, 4.69) is 10.2 Å². The van der Waals surface area contributed by atoms with Crippen molar-refractivity contribution in [3.8, 4) is 0 Å². The second kappa shape index (κ2) is 11.3. The van der Waals surface area contributed by atoms with Gasteiger partial charge in [-0.1, -0.05) is 23.7 Å². The van der Waals surface area contributed by atoms with Gasteiger partial charge in [0.25, 0.3) is 0 Å². The SMILES string of the molecule is Fc1cccc(CN(CCCN2CCOCC2)C(=S)Nc2cc(Cl)ccc2C(F)(F)F)c1. The molecule has 2 aromatic rings. The molecule has 0 saturated carbocycles. The van der Waals surface area contributed by atoms with Gasteiger partial charge in [-0.15, -0.1) is 0 Å². The molecule has 174 valence electrons. The van der Waals surface area contributed by atoms with Gasteiger partial charge in [-0.05, 0) is 54.5 Å². The molecule has 0 unspecified atom stereocenters. The van der Waals surface area contributed by atoms with Crippen molar-refractivity contribution in [1.29, 1.82) is 0 Å². The van der Waals surface area contributed by atoms with Crippen LogP contribution in [0.2, 0.25) is 5.02 Å². The van der Waals surface area contributed by atoms with Crippen molar-refractivity contribution in [2.24, 2.45) is 0 Å². The maximum Gasteiger partial charge on any atom is 0.418 e. The van der Waals surface area contributed by atoms with Gasteiger partial charge in [0.1, 0.15) is 5.82 Å². The number of ether oxygens (including phenoxy) is 1. The first-order valence-electron chi connectivity index (χ1n) is 10.2. The number of thiocarbonyl (C=S) groups is 1. The van der Waals surface area contributed by atoms with Gasteiger partial charge >= 0.3 is 6.18 Å². The average molecular weight is 490 g/mol. The van der Waals surface area contributed by atoms with Crippen molar-refractivity contribution in [3.05, 3.63) is 64.4 Å². The lowest BCUT2D eigenvalue weighted by Gasteiger charge is -2.30. The van der Waals surface area contributed by atoms with Gasteiger partial charge in [0.05, 0.1) is 24.5 Å². The Hall–Kier alpha value is -1.94. The Bertz CT molecular complexity index is 922. The molecule has 10 heteroatoms. The lowest BCUT2D eigenvalue weighted by Crippen LogP contribution is -2.40. The van der Waals surface area contributed by atoms with Crippen molar-refractivity contribution in [2.45, 2.75) is 19.1 Å². The normalized spacial score (nSPS) is 14.9. The summed E-state index contributed by atoms with van der Waals surface area (Å²) in [6, 6.07) is 9.37. The minimum atomic E-state index is -4.56. The molecule has 0 aromatic heterocycles. The van der Waals surface area contributed by atoms with Crippen LogP contribution in [0.5, 0.6) is 0 Å². The van der Waals surface area contributed by atoms with E-state index >= 15 is 0 Å². The molecule has 0 bridgehead atoms. The van der Waals surface area contributed by atoms with Crippen molar-refractivity contribution in [1.82, 2.24) is 9.80 Å². The van der Waals surface area contributed by atoms with Gasteiger partial charge < -0.3 is 15.0 Å². The van der Waals surface area contributed by atoms with E-state index in [4.69, 9.17) is 28.6 Å². The van der Waals surface area contributed by atoms with Gasteiger partial charge in [-0.25, -0.2) is 4.39 Å². The van der Waals surface area contributed by atoms with Crippen molar-refractivity contribution in [2.75, 3.05) is 44.7 Å². The first kappa shape index (κ1) is 24.7. The van der Waals surface area contributed by atoms with Crippen LogP contribution in [0.1, 0.15) is 17.5 Å². The fraction of sp³-hybridized carbons (Fsp3) is 0.409. The highest BCUT2D eigenvalue weighted by Gasteiger charge is 2.34. The minimum Gasteiger partial charge on any atom is -0.379 e. The fourth-order valence-electron chi connectivity index (χ4n) is 3.48. The highest BCUT2D eigenvalue weighted by molar-refractivity contribution is 7.80. The highest BCUT2D eigenvalue weighted by Crippen LogP contribution is 2.36. The number of morpholine rings is 1. The first-order chi connectivity index (χ1) is 15.2. The van der Waals surface area contributed by atoms with Gasteiger partial charge in [0.2, 0.25) is 0 Å². The van der Waals surface area contributed by atoms with Crippen molar-refractivity contribution >= 4 is 34.6 Å². The minimum absolute atomic E-state index is 0.115. The van der Waals surface area contributed by atoms with Crippen LogP contribution in [0, 0.1) is 5.82 Å². The van der Waals surface area contributed by atoms with Crippen LogP contribution in [0.4, 0.5) is 23.2 Å². The summed E-state index contributed by atoms with van der Waals surface area (Å²) >= 11 is 11.4. The number of hydrogen-bond donors (Lipinski definition) is 1. The topological polar surface area (TPSA) is 27.7 Å². The highest BCUT2D eigenvalue weighted by atomic mass is 35.5. The predicted molar refractivity (Wildman–Crippen MR) is 121 cm³/mol. The monoisotopic (exact) mass is 489 g/mol. The molecule has 1 aliphatic heterocycles. The summed E-state index contributed by atoms with van der Waals surface area (Å²) in [5, 5.41) is 2.98. The maximum atomic E-state index is 13.7. The van der Waals surface area contributed by atoms with E-state index in [-0.39, 0.29) is 28.2 Å². The molecule has 2 aromatic carbocycles. The Morgan fingerprint density at radius 1 is 1.16 bits per heavy atom. The van der Waals surface area contributed by atoms with E-state index in [0.29, 0.717) is 25.3 Å². The van der Waals surface area contributed by atoms with Crippen LogP contribution in [0.25, 0.3) is 0 Å². The Balaban J connectivity index is 1.74. The van der Waals surface area contributed by atoms with Crippen LogP contribution < -0.4 is 5.32 Å². The second-order valence-corrected chi connectivity index (χ2v) is 8.30. The predicted octanol–water partition coefficient (Wildman–Crippen LogP) is 5.42. The zero-order valence-electron chi connectivity index (χ0n) is 17.3. The van der Waals surface area contributed by atoms with Crippen LogP contribution in [0.15, 0.2) is 42.5 Å². The molecule has 1 saturated heterocycles. The van der Waals surface area contributed by atoms with E-state index in [9.17, 15) is 17.6 Å². The third kappa shape index (κ3) is 7.30. The van der Waals surface area contributed by atoms with Gasteiger partial charge in [-0.3, -0.25) is 4.90 Å². The first-order valence-corrected chi connectivity index (χ1v) is 11.0. The van der Waals surface area contributed by atoms with Gasteiger partial charge in [0.15, 0.2) is 5.11 Å². The van der Waals surface area contributed by atoms with Gasteiger partial charge in [0, 0.05) is 37.7 Å². The third-order valence-corrected chi connectivity index (χ3v) is 5.68. The molecule has 0 radical (unpaired) electrons. The quantitative estimate of drug-likeness (QED) is 0.414. The van der Waals surface area contributed by atoms with E-state index in [1.807, 2.05) is 0 Å². The molecule has 0 aliphatic carbocycles. The Morgan fingerprint density at radius 3 is 2.59 bits per heavy atom. The number of nitrogens with zero attached hydrogens (tertiary/aromatic N) is 2. The zero-order valence-corrected chi connectivity index (χ0v) is 18.9. The molecule has 4 nitrogen and oxygen atoms in total. The fourth-order valence-corrected chi connectivity index (χ4v) is 3.92. The Labute approximate surface area is 195 Å². The molecular formula is C22H24ClF4N3OS. The molecule has 32 heavy (non-hydrogen) atoms. The Kier molecular flexibility index (Phi) is 8.70. The van der Waals surface area contributed by atoms with E-state index in [1.165, 1.54) is 24.3 Å². The second-order valence-electron chi connectivity index (χ2n) is 7.48. The molecular weight excluding hydrogens is 466 g/mol. The average Bonchev–Trinajstić information content (AvgIpc) is 2.73. The smallest absolute Gasteiger partial charge is 0.379 e. The van der Waals surface area contributed by atoms with Crippen LogP contribution in [0.3, 0.4) is 0 Å². The Morgan fingerprint density at radius 2 is 1.91 bits per heavy atom. The number of benzene rings is 2. The summed E-state index contributed by atoms with van der Waals surface area (Å²) in [5.41, 5.74) is -0.404. The summed E-state index contributed by atoms with van der Waals surface area (Å²) in [7, 11) is 0. The summed E-state index contributed by atoms with van der Waals surface area (Å²) < 4.78 is 59.3. The maximum absolute atomic E-state index is 13.7. The van der Waals surface area contributed by atoms with Crippen LogP contribution >= 0.6 is 23.8 Å². The molecule has 1 heterocycles. The van der Waals surface area contributed by atoms with Gasteiger partial charge in [-0.2, -0.15) is 13.2 Å². The van der Waals surface area contributed by atoms with Crippen LogP contribution in [-0.4, -0.2) is 54.3 Å². The lowest BCUT2D eigenvalue weighted by molar-refractivity contribution is -0.136. The molecule has 1 fully saturated rings. The standard InChI is InChI=1S/C22H24ClF4N3OS/c23-17-5-6-19(22(25,26)27)20(14-17)28-21(32)30(15-16-3-1-4-18(24)13-16)8-2-7-29-9-11-31-12-10-29/h1,3-6,13-14H,2,7-12,15H2,(H,28,32).